The van der Waals surface area contributed by atoms with Crippen LogP contribution in [0.2, 0.25) is 0 Å². The third kappa shape index (κ3) is 3.53. The number of amides is 3. The Bertz CT molecular complexity index is 780. The van der Waals surface area contributed by atoms with Gasteiger partial charge in [0, 0.05) is 43.4 Å². The lowest BCUT2D eigenvalue weighted by molar-refractivity contribution is -0.187. The number of nitrogens with zero attached hydrogens (tertiary/aromatic N) is 2. The van der Waals surface area contributed by atoms with Crippen molar-refractivity contribution in [2.24, 2.45) is 0 Å². The van der Waals surface area contributed by atoms with Crippen LogP contribution in [0.3, 0.4) is 0 Å². The second kappa shape index (κ2) is 7.33. The zero-order chi connectivity index (χ0) is 19.0. The van der Waals surface area contributed by atoms with E-state index in [4.69, 9.17) is 9.47 Å². The van der Waals surface area contributed by atoms with Gasteiger partial charge in [0.05, 0.1) is 24.3 Å². The maximum absolute atomic E-state index is 12.5. The molecule has 1 spiro atoms. The van der Waals surface area contributed by atoms with Gasteiger partial charge >= 0.3 is 0 Å². The summed E-state index contributed by atoms with van der Waals surface area (Å²) in [5, 5.41) is 0. The van der Waals surface area contributed by atoms with Crippen molar-refractivity contribution in [1.82, 2.24) is 9.80 Å². The molecule has 0 unspecified atom stereocenters. The minimum atomic E-state index is -0.495. The molecular weight excluding hydrogens is 416 g/mol. The molecule has 0 saturated carbocycles. The summed E-state index contributed by atoms with van der Waals surface area (Å²) in [5.74, 6) is -1.03. The molecule has 1 aromatic carbocycles. The first kappa shape index (κ1) is 18.6. The number of halogens is 1. The first-order valence-corrected chi connectivity index (χ1v) is 10.00. The third-order valence-corrected chi connectivity index (χ3v) is 5.89. The van der Waals surface area contributed by atoms with E-state index < -0.39 is 5.79 Å². The molecule has 27 heavy (non-hydrogen) atoms. The highest BCUT2D eigenvalue weighted by Crippen LogP contribution is 2.31. The van der Waals surface area contributed by atoms with Gasteiger partial charge in [-0.15, -0.1) is 0 Å². The molecule has 0 radical (unpaired) electrons. The summed E-state index contributed by atoms with van der Waals surface area (Å²) < 4.78 is 12.1. The van der Waals surface area contributed by atoms with E-state index in [-0.39, 0.29) is 24.3 Å². The van der Waals surface area contributed by atoms with Gasteiger partial charge in [-0.25, -0.2) is 0 Å². The Morgan fingerprint density at radius 3 is 2.44 bits per heavy atom. The normalized spacial score (nSPS) is 21.2. The maximum atomic E-state index is 12.5. The molecule has 0 aliphatic carbocycles. The van der Waals surface area contributed by atoms with Crippen molar-refractivity contribution in [1.29, 1.82) is 0 Å². The minimum Gasteiger partial charge on any atom is -0.347 e. The number of ether oxygens (including phenoxy) is 2. The van der Waals surface area contributed by atoms with Crippen LogP contribution in [-0.2, 0) is 14.3 Å². The molecule has 3 aliphatic heterocycles. The van der Waals surface area contributed by atoms with E-state index in [9.17, 15) is 14.4 Å². The molecule has 1 aromatic rings. The fraction of sp³-hybridized carbons (Fsp3) is 0.526. The number of rotatable bonds is 4. The van der Waals surface area contributed by atoms with Crippen LogP contribution in [0.1, 0.15) is 46.4 Å². The van der Waals surface area contributed by atoms with Gasteiger partial charge in [-0.05, 0) is 24.6 Å². The van der Waals surface area contributed by atoms with Gasteiger partial charge in [0.1, 0.15) is 0 Å². The molecule has 0 aromatic heterocycles. The number of likely N-dealkylation sites (tertiary alicyclic amines) is 1. The van der Waals surface area contributed by atoms with Crippen LogP contribution in [0.5, 0.6) is 0 Å². The SMILES string of the molecule is O=C(CCCN1C(=O)c2ccc(Br)cc2C1=O)N1CCC2(CC1)OCCO2. The van der Waals surface area contributed by atoms with E-state index in [0.29, 0.717) is 63.1 Å². The zero-order valence-corrected chi connectivity index (χ0v) is 16.5. The fourth-order valence-electron chi connectivity index (χ4n) is 3.90. The quantitative estimate of drug-likeness (QED) is 0.676. The van der Waals surface area contributed by atoms with Gasteiger partial charge in [-0.2, -0.15) is 0 Å². The molecule has 144 valence electrons. The number of imide groups is 1. The van der Waals surface area contributed by atoms with E-state index in [1.807, 2.05) is 4.90 Å². The van der Waals surface area contributed by atoms with E-state index in [1.54, 1.807) is 18.2 Å². The number of fused-ring (bicyclic) bond motifs is 1. The van der Waals surface area contributed by atoms with Crippen molar-refractivity contribution < 1.29 is 23.9 Å². The second-order valence-electron chi connectivity index (χ2n) is 7.04. The topological polar surface area (TPSA) is 76.2 Å². The zero-order valence-electron chi connectivity index (χ0n) is 14.9. The Balaban J connectivity index is 1.27. The Hall–Kier alpha value is -1.77. The van der Waals surface area contributed by atoms with Crippen LogP contribution in [0.25, 0.3) is 0 Å². The lowest BCUT2D eigenvalue weighted by Gasteiger charge is -2.37. The summed E-state index contributed by atoms with van der Waals surface area (Å²) >= 11 is 3.32. The molecule has 8 heteroatoms. The molecule has 0 bridgehead atoms. The van der Waals surface area contributed by atoms with E-state index in [2.05, 4.69) is 15.9 Å². The molecule has 3 aliphatic rings. The average Bonchev–Trinajstić information content (AvgIpc) is 3.20. The number of hydrogen-bond donors (Lipinski definition) is 0. The monoisotopic (exact) mass is 436 g/mol. The molecule has 2 fully saturated rings. The van der Waals surface area contributed by atoms with Crippen LogP contribution >= 0.6 is 15.9 Å². The predicted molar refractivity (Wildman–Crippen MR) is 99.2 cm³/mol. The highest BCUT2D eigenvalue weighted by Gasteiger charge is 2.41. The summed E-state index contributed by atoms with van der Waals surface area (Å²) in [4.78, 5) is 40.3. The Morgan fingerprint density at radius 2 is 1.74 bits per heavy atom. The smallest absolute Gasteiger partial charge is 0.261 e. The van der Waals surface area contributed by atoms with Crippen LogP contribution in [0.15, 0.2) is 22.7 Å². The largest absolute Gasteiger partial charge is 0.347 e. The number of benzene rings is 1. The highest BCUT2D eigenvalue weighted by atomic mass is 79.9. The molecule has 4 rings (SSSR count). The van der Waals surface area contributed by atoms with E-state index >= 15 is 0 Å². The van der Waals surface area contributed by atoms with Crippen molar-refractivity contribution in [3.8, 4) is 0 Å². The fourth-order valence-corrected chi connectivity index (χ4v) is 4.26. The van der Waals surface area contributed by atoms with Crippen molar-refractivity contribution in [3.63, 3.8) is 0 Å². The van der Waals surface area contributed by atoms with Gasteiger partial charge in [-0.3, -0.25) is 19.3 Å². The first-order valence-electron chi connectivity index (χ1n) is 9.21. The summed E-state index contributed by atoms with van der Waals surface area (Å²) in [5.41, 5.74) is 0.839. The second-order valence-corrected chi connectivity index (χ2v) is 7.96. The molecule has 3 heterocycles. The highest BCUT2D eigenvalue weighted by molar-refractivity contribution is 9.10. The maximum Gasteiger partial charge on any atom is 0.261 e. The molecule has 2 saturated heterocycles. The number of piperidine rings is 1. The van der Waals surface area contributed by atoms with Crippen molar-refractivity contribution in [2.75, 3.05) is 32.8 Å². The summed E-state index contributed by atoms with van der Waals surface area (Å²) in [7, 11) is 0. The Labute approximate surface area is 165 Å². The molecule has 0 N–H and O–H groups in total. The van der Waals surface area contributed by atoms with Crippen LogP contribution in [0.4, 0.5) is 0 Å². The summed E-state index contributed by atoms with van der Waals surface area (Å²) in [6.07, 6.45) is 2.14. The van der Waals surface area contributed by atoms with Gasteiger partial charge in [-0.1, -0.05) is 15.9 Å². The van der Waals surface area contributed by atoms with Crippen LogP contribution in [0, 0.1) is 0 Å². The lowest BCUT2D eigenvalue weighted by atomic mass is 10.0. The van der Waals surface area contributed by atoms with Gasteiger partial charge < -0.3 is 14.4 Å². The number of carbonyl (C=O) groups excluding carboxylic acids is 3. The van der Waals surface area contributed by atoms with Crippen molar-refractivity contribution >= 4 is 33.7 Å². The molecular formula is C19H21BrN2O5. The van der Waals surface area contributed by atoms with Crippen LogP contribution in [-0.4, -0.2) is 66.2 Å². The molecule has 3 amide bonds. The Kier molecular flexibility index (Phi) is 5.05. The third-order valence-electron chi connectivity index (χ3n) is 5.40. The van der Waals surface area contributed by atoms with E-state index in [0.717, 1.165) is 4.47 Å². The Morgan fingerprint density at radius 1 is 1.07 bits per heavy atom. The molecule has 7 nitrogen and oxygen atoms in total. The predicted octanol–water partition coefficient (Wildman–Crippen LogP) is 2.19. The lowest BCUT2D eigenvalue weighted by Crippen LogP contribution is -2.47. The first-order chi connectivity index (χ1) is 13.0. The van der Waals surface area contributed by atoms with Gasteiger partial charge in [0.25, 0.3) is 11.8 Å². The van der Waals surface area contributed by atoms with Crippen molar-refractivity contribution in [2.45, 2.75) is 31.5 Å². The molecule has 0 atom stereocenters. The number of carbonyl (C=O) groups is 3. The average molecular weight is 437 g/mol. The van der Waals surface area contributed by atoms with Gasteiger partial charge in [0.15, 0.2) is 5.79 Å². The van der Waals surface area contributed by atoms with E-state index in [1.165, 1.54) is 4.90 Å². The van der Waals surface area contributed by atoms with Crippen LogP contribution < -0.4 is 0 Å². The summed E-state index contributed by atoms with van der Waals surface area (Å²) in [6.45, 7) is 2.70. The standard InChI is InChI=1S/C19H21BrN2O5/c20-13-3-4-14-15(12-13)18(25)22(17(14)24)7-1-2-16(23)21-8-5-19(6-9-21)26-10-11-27-19/h3-4,12H,1-2,5-11H2. The van der Waals surface area contributed by atoms with Gasteiger partial charge in [0.2, 0.25) is 5.91 Å². The summed E-state index contributed by atoms with van der Waals surface area (Å²) in [6, 6.07) is 5.07. The minimum absolute atomic E-state index is 0.0437. The number of hydrogen-bond acceptors (Lipinski definition) is 5. The van der Waals surface area contributed by atoms with Crippen molar-refractivity contribution in [3.05, 3.63) is 33.8 Å².